The highest BCUT2D eigenvalue weighted by Crippen LogP contribution is 2.48. The van der Waals surface area contributed by atoms with Gasteiger partial charge < -0.3 is 15.5 Å². The van der Waals surface area contributed by atoms with Gasteiger partial charge in [-0.2, -0.15) is 0 Å². The average molecular weight is 286 g/mol. The second kappa shape index (κ2) is 5.33. The first-order chi connectivity index (χ1) is 10.1. The van der Waals surface area contributed by atoms with E-state index in [2.05, 4.69) is 10.3 Å². The van der Waals surface area contributed by atoms with E-state index in [0.717, 1.165) is 30.0 Å². The first kappa shape index (κ1) is 13.8. The van der Waals surface area contributed by atoms with E-state index in [1.54, 1.807) is 6.07 Å². The molecule has 0 bridgehead atoms. The van der Waals surface area contributed by atoms with Crippen molar-refractivity contribution in [2.75, 3.05) is 18.5 Å². The number of rotatable bonds is 6. The lowest BCUT2D eigenvalue weighted by Crippen LogP contribution is -2.18. The number of benzene rings is 1. The number of fused-ring (bicyclic) bond motifs is 1. The fraction of sp³-hybridized carbons (Fsp3) is 0.375. The van der Waals surface area contributed by atoms with Crippen molar-refractivity contribution >= 4 is 22.6 Å². The molecule has 110 valence electrons. The van der Waals surface area contributed by atoms with Gasteiger partial charge in [0.2, 0.25) is 0 Å². The Balaban J connectivity index is 1.91. The van der Waals surface area contributed by atoms with E-state index in [1.807, 2.05) is 24.3 Å². The minimum Gasteiger partial charge on any atom is -0.477 e. The number of carboxylic acid groups (broad SMARTS) is 1. The van der Waals surface area contributed by atoms with E-state index < -0.39 is 5.97 Å². The standard InChI is InChI=1S/C16H18N2O3/c19-8-7-16(5-6-16)10-17-14-12-4-2-1-3-11(12)9-13(18-14)15(20)21/h1-4,9,19H,5-8,10H2,(H,17,18)(H,20,21). The molecule has 0 atom stereocenters. The lowest BCUT2D eigenvalue weighted by Gasteiger charge is -2.16. The van der Waals surface area contributed by atoms with Gasteiger partial charge in [-0.25, -0.2) is 9.78 Å². The van der Waals surface area contributed by atoms with Gasteiger partial charge in [0.1, 0.15) is 5.82 Å². The monoisotopic (exact) mass is 286 g/mol. The number of aliphatic hydroxyl groups excluding tert-OH is 1. The van der Waals surface area contributed by atoms with Gasteiger partial charge in [0.05, 0.1) is 0 Å². The van der Waals surface area contributed by atoms with Crippen LogP contribution in [0.5, 0.6) is 0 Å². The van der Waals surface area contributed by atoms with E-state index in [-0.39, 0.29) is 17.7 Å². The predicted molar refractivity (Wildman–Crippen MR) is 80.6 cm³/mol. The third-order valence-electron chi connectivity index (χ3n) is 4.19. The molecular weight excluding hydrogens is 268 g/mol. The Morgan fingerprint density at radius 1 is 1.33 bits per heavy atom. The van der Waals surface area contributed by atoms with Crippen LogP contribution in [0, 0.1) is 5.41 Å². The number of anilines is 1. The van der Waals surface area contributed by atoms with E-state index in [9.17, 15) is 9.90 Å². The number of aliphatic hydroxyl groups is 1. The van der Waals surface area contributed by atoms with Crippen LogP contribution in [0.15, 0.2) is 30.3 Å². The van der Waals surface area contributed by atoms with Crippen LogP contribution < -0.4 is 5.32 Å². The van der Waals surface area contributed by atoms with Crippen LogP contribution in [-0.4, -0.2) is 34.3 Å². The Bertz CT molecular complexity index is 680. The van der Waals surface area contributed by atoms with Crippen LogP contribution in [0.1, 0.15) is 29.8 Å². The van der Waals surface area contributed by atoms with Crippen molar-refractivity contribution < 1.29 is 15.0 Å². The number of carboxylic acids is 1. The van der Waals surface area contributed by atoms with Crippen molar-refractivity contribution in [1.82, 2.24) is 4.98 Å². The fourth-order valence-electron chi connectivity index (χ4n) is 2.64. The van der Waals surface area contributed by atoms with Crippen molar-refractivity contribution in [3.63, 3.8) is 0 Å². The maximum absolute atomic E-state index is 11.2. The number of nitrogens with zero attached hydrogens (tertiary/aromatic N) is 1. The van der Waals surface area contributed by atoms with Crippen LogP contribution in [0.25, 0.3) is 10.8 Å². The highest BCUT2D eigenvalue weighted by molar-refractivity contribution is 5.97. The lowest BCUT2D eigenvalue weighted by molar-refractivity contribution is 0.0691. The van der Waals surface area contributed by atoms with E-state index in [0.29, 0.717) is 12.4 Å². The molecule has 3 N–H and O–H groups in total. The van der Waals surface area contributed by atoms with Gasteiger partial charge in [-0.05, 0) is 36.1 Å². The molecule has 21 heavy (non-hydrogen) atoms. The number of aromatic nitrogens is 1. The first-order valence-electron chi connectivity index (χ1n) is 7.11. The number of aromatic carboxylic acids is 1. The summed E-state index contributed by atoms with van der Waals surface area (Å²) in [6.45, 7) is 0.901. The first-order valence-corrected chi connectivity index (χ1v) is 7.11. The summed E-state index contributed by atoms with van der Waals surface area (Å²) in [4.78, 5) is 15.4. The topological polar surface area (TPSA) is 82.5 Å². The van der Waals surface area contributed by atoms with Gasteiger partial charge in [0, 0.05) is 18.5 Å². The Kier molecular flexibility index (Phi) is 3.51. The van der Waals surface area contributed by atoms with Gasteiger partial charge >= 0.3 is 5.97 Å². The van der Waals surface area contributed by atoms with E-state index >= 15 is 0 Å². The minimum atomic E-state index is -1.03. The number of hydrogen-bond donors (Lipinski definition) is 3. The average Bonchev–Trinajstić information content (AvgIpc) is 3.25. The van der Waals surface area contributed by atoms with Gasteiger partial charge in [-0.3, -0.25) is 0 Å². The molecular formula is C16H18N2O3. The summed E-state index contributed by atoms with van der Waals surface area (Å²) in [6, 6.07) is 9.20. The molecule has 0 aliphatic heterocycles. The number of pyridine rings is 1. The molecule has 0 spiro atoms. The van der Waals surface area contributed by atoms with E-state index in [1.165, 1.54) is 0 Å². The Hall–Kier alpha value is -2.14. The number of nitrogens with one attached hydrogen (secondary N) is 1. The zero-order chi connectivity index (χ0) is 14.9. The number of carbonyl (C=O) groups is 1. The quantitative estimate of drug-likeness (QED) is 0.760. The third kappa shape index (κ3) is 2.83. The zero-order valence-electron chi connectivity index (χ0n) is 11.7. The van der Waals surface area contributed by atoms with Crippen molar-refractivity contribution in [2.45, 2.75) is 19.3 Å². The maximum atomic E-state index is 11.2. The summed E-state index contributed by atoms with van der Waals surface area (Å²) in [5.41, 5.74) is 0.194. The molecule has 0 amide bonds. The zero-order valence-corrected chi connectivity index (χ0v) is 11.7. The van der Waals surface area contributed by atoms with Crippen molar-refractivity contribution in [1.29, 1.82) is 0 Å². The van der Waals surface area contributed by atoms with Crippen LogP contribution in [0.4, 0.5) is 5.82 Å². The van der Waals surface area contributed by atoms with Crippen molar-refractivity contribution in [3.05, 3.63) is 36.0 Å². The lowest BCUT2D eigenvalue weighted by atomic mass is 10.0. The molecule has 1 aliphatic rings. The molecule has 0 saturated heterocycles. The SMILES string of the molecule is O=C(O)c1cc2ccccc2c(NCC2(CCO)CC2)n1. The summed E-state index contributed by atoms with van der Waals surface area (Å²) in [6.07, 6.45) is 2.96. The van der Waals surface area contributed by atoms with Crippen LogP contribution in [0.3, 0.4) is 0 Å². The maximum Gasteiger partial charge on any atom is 0.354 e. The molecule has 0 radical (unpaired) electrons. The molecule has 1 aromatic heterocycles. The van der Waals surface area contributed by atoms with E-state index in [4.69, 9.17) is 5.11 Å². The molecule has 3 rings (SSSR count). The summed E-state index contributed by atoms with van der Waals surface area (Å²) in [7, 11) is 0. The van der Waals surface area contributed by atoms with Crippen LogP contribution in [0.2, 0.25) is 0 Å². The Morgan fingerprint density at radius 2 is 2.10 bits per heavy atom. The van der Waals surface area contributed by atoms with Gasteiger partial charge in [-0.15, -0.1) is 0 Å². The molecule has 0 unspecified atom stereocenters. The van der Waals surface area contributed by atoms with Gasteiger partial charge in [0.15, 0.2) is 5.69 Å². The predicted octanol–water partition coefficient (Wildman–Crippen LogP) is 2.51. The molecule has 5 heteroatoms. The summed E-state index contributed by atoms with van der Waals surface area (Å²) >= 11 is 0. The molecule has 1 heterocycles. The summed E-state index contributed by atoms with van der Waals surface area (Å²) in [5, 5.41) is 23.3. The van der Waals surface area contributed by atoms with Crippen LogP contribution >= 0.6 is 0 Å². The summed E-state index contributed by atoms with van der Waals surface area (Å²) in [5.74, 6) is -0.421. The molecule has 1 aromatic carbocycles. The van der Waals surface area contributed by atoms with Crippen molar-refractivity contribution in [3.8, 4) is 0 Å². The van der Waals surface area contributed by atoms with Gasteiger partial charge in [-0.1, -0.05) is 24.3 Å². The summed E-state index contributed by atoms with van der Waals surface area (Å²) < 4.78 is 0. The fourth-order valence-corrected chi connectivity index (χ4v) is 2.64. The smallest absolute Gasteiger partial charge is 0.354 e. The van der Waals surface area contributed by atoms with Crippen molar-refractivity contribution in [2.24, 2.45) is 5.41 Å². The third-order valence-corrected chi connectivity index (χ3v) is 4.19. The molecule has 1 saturated carbocycles. The minimum absolute atomic E-state index is 0.0446. The highest BCUT2D eigenvalue weighted by atomic mass is 16.4. The normalized spacial score (nSPS) is 15.9. The Labute approximate surface area is 122 Å². The molecule has 5 nitrogen and oxygen atoms in total. The molecule has 2 aromatic rings. The molecule has 1 aliphatic carbocycles. The second-order valence-electron chi connectivity index (χ2n) is 5.71. The highest BCUT2D eigenvalue weighted by Gasteiger charge is 2.41. The van der Waals surface area contributed by atoms with Crippen LogP contribution in [-0.2, 0) is 0 Å². The largest absolute Gasteiger partial charge is 0.477 e. The second-order valence-corrected chi connectivity index (χ2v) is 5.71. The molecule has 1 fully saturated rings. The Morgan fingerprint density at radius 3 is 2.76 bits per heavy atom. The number of hydrogen-bond acceptors (Lipinski definition) is 4. The van der Waals surface area contributed by atoms with Gasteiger partial charge in [0.25, 0.3) is 0 Å².